The van der Waals surface area contributed by atoms with E-state index in [1.165, 1.54) is 0 Å². The van der Waals surface area contributed by atoms with Crippen molar-refractivity contribution in [1.29, 1.82) is 0 Å². The van der Waals surface area contributed by atoms with E-state index in [0.717, 1.165) is 13.1 Å². The summed E-state index contributed by atoms with van der Waals surface area (Å²) in [5.41, 5.74) is 0.359. The molecule has 0 aromatic heterocycles. The molecule has 0 rings (SSSR count). The molecule has 7 nitrogen and oxygen atoms in total. The van der Waals surface area contributed by atoms with Gasteiger partial charge in [0.05, 0.1) is 44.0 Å². The molecule has 0 saturated carbocycles. The molecule has 0 fully saturated rings. The molecule has 0 bridgehead atoms. The number of hydrogen-bond donors (Lipinski definition) is 0. The largest absolute Gasteiger partial charge is 0.748 e. The Morgan fingerprint density at radius 1 is 1.14 bits per heavy atom. The molecule has 0 aliphatic rings. The number of carbonyl (C=O) groups excluding carboxylic acids is 1. The van der Waals surface area contributed by atoms with E-state index in [9.17, 15) is 17.8 Å². The van der Waals surface area contributed by atoms with Crippen LogP contribution >= 0.6 is 0 Å². The third-order valence-corrected chi connectivity index (χ3v) is 3.85. The van der Waals surface area contributed by atoms with Crippen LogP contribution in [0.25, 0.3) is 0 Å². The Morgan fingerprint density at radius 3 is 2.32 bits per heavy atom. The number of rotatable bonds is 12. The van der Waals surface area contributed by atoms with E-state index in [-0.39, 0.29) is 12.4 Å². The fraction of sp³-hybridized carbons (Fsp3) is 0.786. The first-order valence-corrected chi connectivity index (χ1v) is 8.77. The second kappa shape index (κ2) is 9.94. The summed E-state index contributed by atoms with van der Waals surface area (Å²) in [4.78, 5) is 11.1. The van der Waals surface area contributed by atoms with Crippen molar-refractivity contribution >= 4 is 16.1 Å². The third kappa shape index (κ3) is 12.8. The predicted molar refractivity (Wildman–Crippen MR) is 82.2 cm³/mol. The van der Waals surface area contributed by atoms with E-state index in [2.05, 4.69) is 6.58 Å². The zero-order chi connectivity index (χ0) is 17.2. The van der Waals surface area contributed by atoms with Crippen molar-refractivity contribution < 1.29 is 31.7 Å². The highest BCUT2D eigenvalue weighted by molar-refractivity contribution is 7.85. The number of quaternary nitrogens is 1. The summed E-state index contributed by atoms with van der Waals surface area (Å²) in [6, 6.07) is 0. The van der Waals surface area contributed by atoms with Gasteiger partial charge in [-0.2, -0.15) is 0 Å². The summed E-state index contributed by atoms with van der Waals surface area (Å²) in [6.45, 7) is 7.61. The fourth-order valence-electron chi connectivity index (χ4n) is 1.66. The predicted octanol–water partition coefficient (Wildman–Crippen LogP) is 0.524. The Morgan fingerprint density at radius 2 is 1.77 bits per heavy atom. The van der Waals surface area contributed by atoms with Gasteiger partial charge in [-0.05, 0) is 19.8 Å². The van der Waals surface area contributed by atoms with E-state index in [0.29, 0.717) is 36.1 Å². The molecule has 0 atom stereocenters. The van der Waals surface area contributed by atoms with Crippen LogP contribution in [0.3, 0.4) is 0 Å². The summed E-state index contributed by atoms with van der Waals surface area (Å²) in [7, 11) is -0.0914. The van der Waals surface area contributed by atoms with Crippen LogP contribution in [0, 0.1) is 0 Å². The van der Waals surface area contributed by atoms with Gasteiger partial charge in [0, 0.05) is 11.3 Å². The number of carbonyl (C=O) groups is 1. The lowest BCUT2D eigenvalue weighted by molar-refractivity contribution is -0.890. The molecule has 0 saturated heterocycles. The normalized spacial score (nSPS) is 12.2. The summed E-state index contributed by atoms with van der Waals surface area (Å²) in [5.74, 6) is -0.731. The van der Waals surface area contributed by atoms with Crippen molar-refractivity contribution in [2.75, 3.05) is 52.8 Å². The van der Waals surface area contributed by atoms with Crippen LogP contribution in [0.5, 0.6) is 0 Å². The van der Waals surface area contributed by atoms with Gasteiger partial charge in [-0.1, -0.05) is 6.58 Å². The first-order valence-electron chi connectivity index (χ1n) is 7.19. The van der Waals surface area contributed by atoms with Gasteiger partial charge in [-0.3, -0.25) is 0 Å². The van der Waals surface area contributed by atoms with E-state index in [4.69, 9.17) is 9.47 Å². The lowest BCUT2D eigenvalue weighted by atomic mass is 10.3. The second-order valence-electron chi connectivity index (χ2n) is 5.88. The molecule has 0 aliphatic heterocycles. The van der Waals surface area contributed by atoms with E-state index >= 15 is 0 Å². The average molecular weight is 337 g/mol. The fourth-order valence-corrected chi connectivity index (χ4v) is 2.22. The Balaban J connectivity index is 3.67. The molecule has 0 aliphatic carbocycles. The minimum Gasteiger partial charge on any atom is -0.748 e. The van der Waals surface area contributed by atoms with E-state index in [1.807, 2.05) is 14.1 Å². The molecule has 0 aromatic rings. The molecule has 130 valence electrons. The molecule has 0 radical (unpaired) electrons. The Bertz CT molecular complexity index is 458. The topological polar surface area (TPSA) is 92.7 Å². The van der Waals surface area contributed by atoms with E-state index in [1.54, 1.807) is 6.92 Å². The number of hydrogen-bond acceptors (Lipinski definition) is 6. The van der Waals surface area contributed by atoms with Gasteiger partial charge >= 0.3 is 5.97 Å². The van der Waals surface area contributed by atoms with E-state index < -0.39 is 16.1 Å². The van der Waals surface area contributed by atoms with Crippen LogP contribution in [-0.2, 0) is 24.4 Å². The van der Waals surface area contributed by atoms with Gasteiger partial charge in [0.1, 0.15) is 13.2 Å². The molecule has 0 aromatic carbocycles. The van der Waals surface area contributed by atoms with Crippen molar-refractivity contribution in [3.8, 4) is 0 Å². The van der Waals surface area contributed by atoms with Crippen LogP contribution < -0.4 is 0 Å². The molecular formula is C14H27NO6S. The smallest absolute Gasteiger partial charge is 0.333 e. The maximum atomic E-state index is 11.1. The lowest BCUT2D eigenvalue weighted by Gasteiger charge is -2.29. The van der Waals surface area contributed by atoms with Crippen LogP contribution in [0.1, 0.15) is 19.8 Å². The summed E-state index contributed by atoms with van der Waals surface area (Å²) >= 11 is 0. The molecule has 22 heavy (non-hydrogen) atoms. The molecule has 0 N–H and O–H groups in total. The number of nitrogens with zero attached hydrogens (tertiary/aromatic N) is 1. The summed E-state index contributed by atoms with van der Waals surface area (Å²) in [6.07, 6.45) is 1.05. The van der Waals surface area contributed by atoms with Crippen molar-refractivity contribution in [3.05, 3.63) is 12.2 Å². The number of ether oxygens (including phenoxy) is 2. The summed E-state index contributed by atoms with van der Waals surface area (Å²) < 4.78 is 42.4. The average Bonchev–Trinajstić information content (AvgIpc) is 2.37. The number of likely N-dealkylation sites (N-methyl/N-ethyl adjacent to an activating group) is 1. The van der Waals surface area contributed by atoms with Crippen molar-refractivity contribution in [3.63, 3.8) is 0 Å². The van der Waals surface area contributed by atoms with Gasteiger partial charge in [0.15, 0.2) is 0 Å². The molecule has 0 spiro atoms. The maximum Gasteiger partial charge on any atom is 0.333 e. The Kier molecular flexibility index (Phi) is 9.50. The molecule has 0 unspecified atom stereocenters. The van der Waals surface area contributed by atoms with Crippen LogP contribution in [0.15, 0.2) is 12.2 Å². The molecule has 0 heterocycles. The Labute approximate surface area is 133 Å². The molecule has 0 amide bonds. The second-order valence-corrected chi connectivity index (χ2v) is 7.40. The highest BCUT2D eigenvalue weighted by Crippen LogP contribution is 2.03. The van der Waals surface area contributed by atoms with Crippen LogP contribution in [-0.4, -0.2) is 76.2 Å². The van der Waals surface area contributed by atoms with Crippen molar-refractivity contribution in [2.45, 2.75) is 19.8 Å². The van der Waals surface area contributed by atoms with Gasteiger partial charge in [0.2, 0.25) is 0 Å². The molecule has 8 heteroatoms. The van der Waals surface area contributed by atoms with Crippen LogP contribution in [0.2, 0.25) is 0 Å². The minimum atomic E-state index is -4.11. The SMILES string of the molecule is C=C(C)C(=O)OCCOCC[N+](C)(C)CCCCS(=O)(=O)[O-]. The number of unbranched alkanes of at least 4 members (excludes halogenated alkanes) is 1. The zero-order valence-corrected chi connectivity index (χ0v) is 14.5. The Hall–Kier alpha value is -0.960. The van der Waals surface area contributed by atoms with Crippen molar-refractivity contribution in [2.24, 2.45) is 0 Å². The van der Waals surface area contributed by atoms with Crippen LogP contribution in [0.4, 0.5) is 0 Å². The summed E-state index contributed by atoms with van der Waals surface area (Å²) in [5, 5.41) is 0. The van der Waals surface area contributed by atoms with Gasteiger partial charge in [-0.25, -0.2) is 13.2 Å². The first kappa shape index (κ1) is 21.0. The molecular weight excluding hydrogens is 310 g/mol. The van der Waals surface area contributed by atoms with Crippen molar-refractivity contribution in [1.82, 2.24) is 0 Å². The highest BCUT2D eigenvalue weighted by Gasteiger charge is 2.14. The zero-order valence-electron chi connectivity index (χ0n) is 13.7. The number of esters is 1. The minimum absolute atomic E-state index is 0.195. The van der Waals surface area contributed by atoms with Gasteiger partial charge in [-0.15, -0.1) is 0 Å². The van der Waals surface area contributed by atoms with Gasteiger partial charge in [0.25, 0.3) is 0 Å². The monoisotopic (exact) mass is 337 g/mol. The third-order valence-electron chi connectivity index (χ3n) is 3.06. The lowest BCUT2D eigenvalue weighted by Crippen LogP contribution is -2.43. The van der Waals surface area contributed by atoms with Gasteiger partial charge < -0.3 is 18.5 Å². The first-order chi connectivity index (χ1) is 10.0. The maximum absolute atomic E-state index is 11.1. The standard InChI is InChI=1S/C14H27NO6S/c1-13(2)14(16)21-11-10-20-9-8-15(3,4)7-5-6-12-22(17,18)19/h1,5-12H2,2-4H3. The highest BCUT2D eigenvalue weighted by atomic mass is 32.2. The quantitative estimate of drug-likeness (QED) is 0.169.